The molecule has 1 aromatic carbocycles. The highest BCUT2D eigenvalue weighted by molar-refractivity contribution is 5.93. The van der Waals surface area contributed by atoms with Crippen LogP contribution in [0.4, 0.5) is 5.69 Å². The van der Waals surface area contributed by atoms with Crippen molar-refractivity contribution in [2.75, 3.05) is 12.4 Å². The molecule has 2 heteroatoms. The minimum Gasteiger partial charge on any atom is -0.344 e. The molecule has 0 spiro atoms. The Morgan fingerprint density at radius 3 is 2.58 bits per heavy atom. The smallest absolute Gasteiger partial charge is 0.0972 e. The van der Waals surface area contributed by atoms with Crippen LogP contribution in [0.15, 0.2) is 29.3 Å². The van der Waals surface area contributed by atoms with Crippen LogP contribution in [0.2, 0.25) is 0 Å². The number of hydrogen-bond donors (Lipinski definition) is 1. The molecule has 0 unspecified atom stereocenters. The number of rotatable bonds is 1. The maximum absolute atomic E-state index is 4.03. The summed E-state index contributed by atoms with van der Waals surface area (Å²) < 4.78 is 0. The van der Waals surface area contributed by atoms with E-state index in [1.807, 2.05) is 25.1 Å². The van der Waals surface area contributed by atoms with Gasteiger partial charge in [-0.05, 0) is 25.5 Å². The number of hydrogen-bond acceptors (Lipinski definition) is 1. The van der Waals surface area contributed by atoms with E-state index in [-0.39, 0.29) is 0 Å². The Balaban J connectivity index is 2.82. The lowest BCUT2D eigenvalue weighted by molar-refractivity contribution is 1.38. The molecule has 0 aliphatic carbocycles. The third-order valence-corrected chi connectivity index (χ3v) is 1.80. The molecule has 1 rings (SSSR count). The molecule has 1 aromatic rings. The van der Waals surface area contributed by atoms with Gasteiger partial charge in [0.1, 0.15) is 0 Å². The Hall–Kier alpha value is -1.31. The van der Waals surface area contributed by atoms with Crippen molar-refractivity contribution in [1.29, 1.82) is 0 Å². The van der Waals surface area contributed by atoms with Gasteiger partial charge in [0.2, 0.25) is 0 Å². The van der Waals surface area contributed by atoms with Crippen LogP contribution in [0, 0.1) is 6.92 Å². The van der Waals surface area contributed by atoms with Crippen LogP contribution >= 0.6 is 0 Å². The first-order valence-electron chi connectivity index (χ1n) is 4.00. The van der Waals surface area contributed by atoms with E-state index in [1.165, 1.54) is 5.56 Å². The fourth-order valence-electron chi connectivity index (χ4n) is 0.964. The largest absolute Gasteiger partial charge is 0.344 e. The highest BCUT2D eigenvalue weighted by Crippen LogP contribution is 2.12. The van der Waals surface area contributed by atoms with E-state index >= 15 is 0 Å². The third kappa shape index (κ3) is 2.09. The number of anilines is 1. The summed E-state index contributed by atoms with van der Waals surface area (Å²) in [7, 11) is 1.78. The minimum absolute atomic E-state index is 0.935. The summed E-state index contributed by atoms with van der Waals surface area (Å²) in [4.78, 5) is 4.03. The van der Waals surface area contributed by atoms with Gasteiger partial charge in [0.25, 0.3) is 0 Å². The molecule has 0 radical (unpaired) electrons. The molecule has 64 valence electrons. The van der Waals surface area contributed by atoms with Gasteiger partial charge in [-0.15, -0.1) is 0 Å². The number of nitrogens with one attached hydrogen (secondary N) is 1. The second kappa shape index (κ2) is 3.90. The SMILES string of the molecule is C/N=C(\C)Nc1ccccc1C. The average molecular weight is 162 g/mol. The van der Waals surface area contributed by atoms with E-state index in [2.05, 4.69) is 23.3 Å². The highest BCUT2D eigenvalue weighted by atomic mass is 15.0. The summed E-state index contributed by atoms with van der Waals surface area (Å²) in [5.74, 6) is 0.935. The van der Waals surface area contributed by atoms with Gasteiger partial charge in [-0.25, -0.2) is 0 Å². The summed E-state index contributed by atoms with van der Waals surface area (Å²) in [6, 6.07) is 8.16. The van der Waals surface area contributed by atoms with Crippen LogP contribution in [-0.4, -0.2) is 12.9 Å². The number of aryl methyl sites for hydroxylation is 1. The molecule has 0 aromatic heterocycles. The predicted molar refractivity (Wildman–Crippen MR) is 53.8 cm³/mol. The van der Waals surface area contributed by atoms with Gasteiger partial charge in [0, 0.05) is 12.7 Å². The lowest BCUT2D eigenvalue weighted by atomic mass is 10.2. The van der Waals surface area contributed by atoms with Gasteiger partial charge in [-0.1, -0.05) is 18.2 Å². The van der Waals surface area contributed by atoms with Crippen molar-refractivity contribution in [3.05, 3.63) is 29.8 Å². The van der Waals surface area contributed by atoms with Crippen LogP contribution in [-0.2, 0) is 0 Å². The second-order valence-electron chi connectivity index (χ2n) is 2.75. The molecule has 0 heterocycles. The van der Waals surface area contributed by atoms with Crippen LogP contribution in [0.5, 0.6) is 0 Å². The molecular formula is C10H14N2. The summed E-state index contributed by atoms with van der Waals surface area (Å²) in [5.41, 5.74) is 2.36. The summed E-state index contributed by atoms with van der Waals surface area (Å²) in [5, 5.41) is 3.21. The molecule has 0 fully saturated rings. The van der Waals surface area contributed by atoms with Crippen molar-refractivity contribution in [1.82, 2.24) is 0 Å². The Kier molecular flexibility index (Phi) is 2.86. The van der Waals surface area contributed by atoms with E-state index < -0.39 is 0 Å². The maximum atomic E-state index is 4.03. The Morgan fingerprint density at radius 2 is 2.00 bits per heavy atom. The van der Waals surface area contributed by atoms with Crippen LogP contribution in [0.1, 0.15) is 12.5 Å². The first-order chi connectivity index (χ1) is 5.74. The molecule has 12 heavy (non-hydrogen) atoms. The summed E-state index contributed by atoms with van der Waals surface area (Å²) in [6.07, 6.45) is 0. The lowest BCUT2D eigenvalue weighted by Crippen LogP contribution is -2.07. The second-order valence-corrected chi connectivity index (χ2v) is 2.75. The molecule has 0 bridgehead atoms. The van der Waals surface area contributed by atoms with Gasteiger partial charge in [-0.2, -0.15) is 0 Å². The lowest BCUT2D eigenvalue weighted by Gasteiger charge is -2.07. The fraction of sp³-hybridized carbons (Fsp3) is 0.300. The van der Waals surface area contributed by atoms with Crippen LogP contribution < -0.4 is 5.32 Å². The standard InChI is InChI=1S/C10H14N2/c1-8-6-4-5-7-10(8)12-9(2)11-3/h4-7H,1-3H3,(H,11,12). The molecule has 0 atom stereocenters. The number of benzene rings is 1. The van der Waals surface area contributed by atoms with E-state index in [9.17, 15) is 0 Å². The van der Waals surface area contributed by atoms with E-state index in [4.69, 9.17) is 0 Å². The van der Waals surface area contributed by atoms with Gasteiger partial charge in [-0.3, -0.25) is 4.99 Å². The molecule has 0 saturated carbocycles. The zero-order valence-electron chi connectivity index (χ0n) is 7.76. The number of para-hydroxylation sites is 1. The zero-order valence-corrected chi connectivity index (χ0v) is 7.76. The number of nitrogens with zero attached hydrogens (tertiary/aromatic N) is 1. The van der Waals surface area contributed by atoms with Crippen LogP contribution in [0.25, 0.3) is 0 Å². The molecule has 0 amide bonds. The van der Waals surface area contributed by atoms with E-state index in [0.717, 1.165) is 11.5 Å². The van der Waals surface area contributed by atoms with Crippen molar-refractivity contribution in [3.8, 4) is 0 Å². The van der Waals surface area contributed by atoms with Crippen molar-refractivity contribution >= 4 is 11.5 Å². The highest BCUT2D eigenvalue weighted by Gasteiger charge is 1.95. The Morgan fingerprint density at radius 1 is 1.33 bits per heavy atom. The topological polar surface area (TPSA) is 24.4 Å². The van der Waals surface area contributed by atoms with Crippen molar-refractivity contribution in [3.63, 3.8) is 0 Å². The normalized spacial score (nSPS) is 11.4. The Labute approximate surface area is 73.3 Å². The maximum Gasteiger partial charge on any atom is 0.0972 e. The minimum atomic E-state index is 0.935. The van der Waals surface area contributed by atoms with Gasteiger partial charge in [0.05, 0.1) is 5.84 Å². The molecular weight excluding hydrogens is 148 g/mol. The van der Waals surface area contributed by atoms with Crippen molar-refractivity contribution < 1.29 is 0 Å². The van der Waals surface area contributed by atoms with E-state index in [0.29, 0.717) is 0 Å². The molecule has 0 aliphatic rings. The molecule has 1 N–H and O–H groups in total. The average Bonchev–Trinajstić information content (AvgIpc) is 2.09. The molecule has 2 nitrogen and oxygen atoms in total. The zero-order chi connectivity index (χ0) is 8.97. The Bertz CT molecular complexity index is 290. The molecule has 0 aliphatic heterocycles. The van der Waals surface area contributed by atoms with Gasteiger partial charge in [0.15, 0.2) is 0 Å². The molecule has 0 saturated heterocycles. The van der Waals surface area contributed by atoms with Gasteiger partial charge >= 0.3 is 0 Å². The predicted octanol–water partition coefficient (Wildman–Crippen LogP) is 2.46. The monoisotopic (exact) mass is 162 g/mol. The van der Waals surface area contributed by atoms with Crippen molar-refractivity contribution in [2.24, 2.45) is 4.99 Å². The third-order valence-electron chi connectivity index (χ3n) is 1.80. The van der Waals surface area contributed by atoms with E-state index in [1.54, 1.807) is 7.05 Å². The van der Waals surface area contributed by atoms with Gasteiger partial charge < -0.3 is 5.32 Å². The number of aliphatic imine (C=N–C) groups is 1. The summed E-state index contributed by atoms with van der Waals surface area (Å²) >= 11 is 0. The summed E-state index contributed by atoms with van der Waals surface area (Å²) in [6.45, 7) is 4.03. The first kappa shape index (κ1) is 8.78. The first-order valence-corrected chi connectivity index (χ1v) is 4.00. The van der Waals surface area contributed by atoms with Crippen LogP contribution in [0.3, 0.4) is 0 Å². The van der Waals surface area contributed by atoms with Crippen molar-refractivity contribution in [2.45, 2.75) is 13.8 Å². The quantitative estimate of drug-likeness (QED) is 0.498. The fourth-order valence-corrected chi connectivity index (χ4v) is 0.964. The number of amidine groups is 1.